The second-order valence-electron chi connectivity index (χ2n) is 3.34. The Morgan fingerprint density at radius 1 is 1.19 bits per heavy atom. The molecular formula is C11H10O5. The van der Waals surface area contributed by atoms with E-state index in [0.717, 1.165) is 0 Å². The molecular weight excluding hydrogens is 212 g/mol. The van der Waals surface area contributed by atoms with E-state index >= 15 is 0 Å². The van der Waals surface area contributed by atoms with Gasteiger partial charge in [-0.3, -0.25) is 0 Å². The summed E-state index contributed by atoms with van der Waals surface area (Å²) in [6, 6.07) is 3.85. The Bertz CT molecular complexity index is 450. The van der Waals surface area contributed by atoms with Gasteiger partial charge in [0.1, 0.15) is 6.29 Å². The van der Waals surface area contributed by atoms with E-state index in [-0.39, 0.29) is 11.1 Å². The lowest BCUT2D eigenvalue weighted by Gasteiger charge is -2.07. The maximum Gasteiger partial charge on any atom is 0.336 e. The van der Waals surface area contributed by atoms with Gasteiger partial charge in [0.25, 0.3) is 0 Å². The molecule has 2 N–H and O–H groups in total. The van der Waals surface area contributed by atoms with Crippen LogP contribution in [-0.4, -0.2) is 28.4 Å². The van der Waals surface area contributed by atoms with E-state index in [2.05, 4.69) is 0 Å². The molecule has 0 aliphatic carbocycles. The molecule has 0 saturated carbocycles. The molecule has 5 nitrogen and oxygen atoms in total. The lowest BCUT2D eigenvalue weighted by molar-refractivity contribution is -0.108. The summed E-state index contributed by atoms with van der Waals surface area (Å²) in [5.74, 6) is -3.08. The minimum absolute atomic E-state index is 0.283. The van der Waals surface area contributed by atoms with Crippen LogP contribution in [0.5, 0.6) is 0 Å². The van der Waals surface area contributed by atoms with Crippen LogP contribution >= 0.6 is 0 Å². The highest BCUT2D eigenvalue weighted by Crippen LogP contribution is 2.18. The third kappa shape index (κ3) is 2.25. The van der Waals surface area contributed by atoms with E-state index in [4.69, 9.17) is 10.2 Å². The number of carbonyl (C=O) groups is 3. The smallest absolute Gasteiger partial charge is 0.336 e. The van der Waals surface area contributed by atoms with Crippen molar-refractivity contribution in [1.29, 1.82) is 0 Å². The Balaban J connectivity index is 3.33. The Labute approximate surface area is 91.3 Å². The summed E-state index contributed by atoms with van der Waals surface area (Å²) >= 11 is 0. The molecule has 0 radical (unpaired) electrons. The second kappa shape index (κ2) is 4.57. The van der Waals surface area contributed by atoms with Crippen molar-refractivity contribution in [3.05, 3.63) is 34.9 Å². The number of rotatable bonds is 4. The number of hydrogen-bond donors (Lipinski definition) is 2. The monoisotopic (exact) mass is 222 g/mol. The lowest BCUT2D eigenvalue weighted by Crippen LogP contribution is -2.09. The average molecular weight is 222 g/mol. The fourth-order valence-corrected chi connectivity index (χ4v) is 1.29. The van der Waals surface area contributed by atoms with Gasteiger partial charge in [0.05, 0.1) is 11.1 Å². The Hall–Kier alpha value is -2.17. The molecule has 1 rings (SSSR count). The van der Waals surface area contributed by atoms with Gasteiger partial charge in [0.15, 0.2) is 0 Å². The number of benzene rings is 1. The minimum Gasteiger partial charge on any atom is -0.478 e. The molecule has 0 spiro atoms. The maximum atomic E-state index is 10.8. The molecule has 1 unspecified atom stereocenters. The maximum absolute atomic E-state index is 10.8. The standard InChI is InChI=1S/C11H10O5/c1-6(5-12)7-2-3-8(10(13)14)9(4-7)11(15)16/h2-6H,1H3,(H,13,14)(H,15,16). The number of carboxylic acids is 2. The van der Waals surface area contributed by atoms with E-state index in [1.807, 2.05) is 0 Å². The number of carboxylic acid groups (broad SMARTS) is 2. The zero-order chi connectivity index (χ0) is 12.3. The summed E-state index contributed by atoms with van der Waals surface area (Å²) < 4.78 is 0. The average Bonchev–Trinajstić information content (AvgIpc) is 2.26. The van der Waals surface area contributed by atoms with Crippen molar-refractivity contribution in [3.63, 3.8) is 0 Å². The van der Waals surface area contributed by atoms with Crippen LogP contribution in [0.4, 0.5) is 0 Å². The molecule has 1 atom stereocenters. The minimum atomic E-state index is -1.32. The molecule has 0 saturated heterocycles. The molecule has 0 aromatic heterocycles. The van der Waals surface area contributed by atoms with Crippen LogP contribution in [0.2, 0.25) is 0 Å². The Morgan fingerprint density at radius 2 is 1.75 bits per heavy atom. The van der Waals surface area contributed by atoms with Gasteiger partial charge >= 0.3 is 11.9 Å². The van der Waals surface area contributed by atoms with Gasteiger partial charge in [0.2, 0.25) is 0 Å². The van der Waals surface area contributed by atoms with Crippen molar-refractivity contribution in [2.75, 3.05) is 0 Å². The first-order chi connectivity index (χ1) is 7.47. The highest BCUT2D eigenvalue weighted by molar-refractivity contribution is 6.01. The SMILES string of the molecule is CC(C=O)c1ccc(C(=O)O)c(C(=O)O)c1. The van der Waals surface area contributed by atoms with Crippen LogP contribution in [0.15, 0.2) is 18.2 Å². The third-order valence-electron chi connectivity index (χ3n) is 2.23. The quantitative estimate of drug-likeness (QED) is 0.751. The normalized spacial score (nSPS) is 11.8. The number of aldehydes is 1. The van der Waals surface area contributed by atoms with Crippen LogP contribution in [0.3, 0.4) is 0 Å². The first kappa shape index (κ1) is 11.9. The summed E-state index contributed by atoms with van der Waals surface area (Å²) in [5.41, 5.74) is -0.106. The zero-order valence-electron chi connectivity index (χ0n) is 8.51. The highest BCUT2D eigenvalue weighted by atomic mass is 16.4. The van der Waals surface area contributed by atoms with Crippen LogP contribution < -0.4 is 0 Å². The molecule has 1 aromatic carbocycles. The Morgan fingerprint density at radius 3 is 2.19 bits per heavy atom. The summed E-state index contributed by atoms with van der Waals surface area (Å²) in [6.07, 6.45) is 0.668. The van der Waals surface area contributed by atoms with Gasteiger partial charge in [-0.25, -0.2) is 9.59 Å². The van der Waals surface area contributed by atoms with E-state index in [1.165, 1.54) is 18.2 Å². The molecule has 0 fully saturated rings. The largest absolute Gasteiger partial charge is 0.478 e. The number of carbonyl (C=O) groups excluding carboxylic acids is 1. The molecule has 1 aromatic rings. The molecule has 0 aliphatic heterocycles. The molecule has 0 bridgehead atoms. The summed E-state index contributed by atoms with van der Waals surface area (Å²) in [7, 11) is 0. The Kier molecular flexibility index (Phi) is 3.40. The molecule has 84 valence electrons. The van der Waals surface area contributed by atoms with Gasteiger partial charge in [-0.15, -0.1) is 0 Å². The first-order valence-electron chi connectivity index (χ1n) is 4.53. The van der Waals surface area contributed by atoms with Crippen LogP contribution in [-0.2, 0) is 4.79 Å². The van der Waals surface area contributed by atoms with E-state index in [9.17, 15) is 14.4 Å². The topological polar surface area (TPSA) is 91.7 Å². The van der Waals surface area contributed by atoms with E-state index in [1.54, 1.807) is 6.92 Å². The van der Waals surface area contributed by atoms with E-state index in [0.29, 0.717) is 11.8 Å². The molecule has 0 amide bonds. The second-order valence-corrected chi connectivity index (χ2v) is 3.34. The van der Waals surface area contributed by atoms with Crippen LogP contribution in [0, 0.1) is 0 Å². The zero-order valence-corrected chi connectivity index (χ0v) is 8.51. The van der Waals surface area contributed by atoms with Gasteiger partial charge in [0, 0.05) is 5.92 Å². The highest BCUT2D eigenvalue weighted by Gasteiger charge is 2.17. The summed E-state index contributed by atoms with van der Waals surface area (Å²) in [5, 5.41) is 17.6. The van der Waals surface area contributed by atoms with Gasteiger partial charge in [-0.2, -0.15) is 0 Å². The molecule has 0 aliphatic rings. The van der Waals surface area contributed by atoms with Crippen LogP contribution in [0.1, 0.15) is 39.1 Å². The van der Waals surface area contributed by atoms with Crippen molar-refractivity contribution in [1.82, 2.24) is 0 Å². The predicted molar refractivity (Wildman–Crippen MR) is 54.8 cm³/mol. The molecule has 5 heteroatoms. The first-order valence-corrected chi connectivity index (χ1v) is 4.53. The van der Waals surface area contributed by atoms with Gasteiger partial charge in [-0.05, 0) is 17.7 Å². The van der Waals surface area contributed by atoms with Crippen molar-refractivity contribution < 1.29 is 24.6 Å². The van der Waals surface area contributed by atoms with Gasteiger partial charge in [-0.1, -0.05) is 13.0 Å². The number of hydrogen-bond acceptors (Lipinski definition) is 3. The summed E-state index contributed by atoms with van der Waals surface area (Å²) in [6.45, 7) is 1.61. The van der Waals surface area contributed by atoms with E-state index < -0.39 is 17.9 Å². The van der Waals surface area contributed by atoms with Crippen LogP contribution in [0.25, 0.3) is 0 Å². The molecule has 16 heavy (non-hydrogen) atoms. The van der Waals surface area contributed by atoms with Crippen molar-refractivity contribution in [2.45, 2.75) is 12.8 Å². The lowest BCUT2D eigenvalue weighted by atomic mass is 9.97. The molecule has 0 heterocycles. The third-order valence-corrected chi connectivity index (χ3v) is 2.23. The summed E-state index contributed by atoms with van der Waals surface area (Å²) in [4.78, 5) is 32.1. The van der Waals surface area contributed by atoms with Crippen molar-refractivity contribution in [2.24, 2.45) is 0 Å². The van der Waals surface area contributed by atoms with Gasteiger partial charge < -0.3 is 15.0 Å². The fraction of sp³-hybridized carbons (Fsp3) is 0.182. The predicted octanol–water partition coefficient (Wildman–Crippen LogP) is 1.39. The fourth-order valence-electron chi connectivity index (χ4n) is 1.29. The number of aromatic carboxylic acids is 2. The van der Waals surface area contributed by atoms with Crippen molar-refractivity contribution >= 4 is 18.2 Å². The van der Waals surface area contributed by atoms with Crippen molar-refractivity contribution in [3.8, 4) is 0 Å².